The number of anilines is 1. The van der Waals surface area contributed by atoms with Gasteiger partial charge in [0, 0.05) is 23.8 Å². The molecule has 1 saturated carbocycles. The molecule has 2 N–H and O–H groups in total. The number of hydrogen-bond acceptors (Lipinski definition) is 5. The second-order valence-corrected chi connectivity index (χ2v) is 8.04. The van der Waals surface area contributed by atoms with E-state index in [-0.39, 0.29) is 6.10 Å². The topological polar surface area (TPSA) is 72.2 Å². The third-order valence-electron chi connectivity index (χ3n) is 5.85. The first-order chi connectivity index (χ1) is 15.3. The molecule has 0 amide bonds. The molecule has 5 rings (SSSR count). The van der Waals surface area contributed by atoms with Crippen molar-refractivity contribution >= 4 is 16.9 Å². The molecule has 6 nitrogen and oxygen atoms in total. The zero-order chi connectivity index (χ0) is 21.0. The summed E-state index contributed by atoms with van der Waals surface area (Å²) in [7, 11) is 0. The highest BCUT2D eigenvalue weighted by molar-refractivity contribution is 5.87. The van der Waals surface area contributed by atoms with Gasteiger partial charge in [-0.05, 0) is 55.5 Å². The Morgan fingerprint density at radius 1 is 0.968 bits per heavy atom. The van der Waals surface area contributed by atoms with E-state index < -0.39 is 0 Å². The molecule has 31 heavy (non-hydrogen) atoms. The quantitative estimate of drug-likeness (QED) is 0.478. The average Bonchev–Trinajstić information content (AvgIpc) is 3.25. The number of benzene rings is 2. The largest absolute Gasteiger partial charge is 0.488 e. The first kappa shape index (κ1) is 19.6. The van der Waals surface area contributed by atoms with Gasteiger partial charge in [0.1, 0.15) is 18.2 Å². The minimum absolute atomic E-state index is 0.171. The lowest BCUT2D eigenvalue weighted by atomic mass is 9.93. The second-order valence-electron chi connectivity index (χ2n) is 8.04. The fourth-order valence-electron chi connectivity index (χ4n) is 4.16. The lowest BCUT2D eigenvalue weighted by molar-refractivity contribution is 0.126. The molecular formula is C25H26N4O2. The zero-order valence-electron chi connectivity index (χ0n) is 17.3. The van der Waals surface area contributed by atoms with Crippen LogP contribution in [0, 0.1) is 0 Å². The Kier molecular flexibility index (Phi) is 5.54. The van der Waals surface area contributed by atoms with E-state index in [0.717, 1.165) is 53.7 Å². The summed E-state index contributed by atoms with van der Waals surface area (Å²) in [5, 5.41) is 14.2. The summed E-state index contributed by atoms with van der Waals surface area (Å²) >= 11 is 0. The van der Waals surface area contributed by atoms with Gasteiger partial charge in [-0.2, -0.15) is 4.98 Å². The van der Waals surface area contributed by atoms with Gasteiger partial charge in [-0.15, -0.1) is 0 Å². The Morgan fingerprint density at radius 3 is 2.65 bits per heavy atom. The van der Waals surface area contributed by atoms with Crippen LogP contribution in [-0.4, -0.2) is 31.8 Å². The molecule has 6 heteroatoms. The number of aliphatic hydroxyl groups excluding tert-OH is 1. The fourth-order valence-corrected chi connectivity index (χ4v) is 4.16. The van der Waals surface area contributed by atoms with Crippen molar-refractivity contribution in [2.75, 3.05) is 5.32 Å². The van der Waals surface area contributed by atoms with Crippen LogP contribution in [-0.2, 0) is 6.61 Å². The van der Waals surface area contributed by atoms with Crippen LogP contribution in [0.2, 0.25) is 0 Å². The predicted octanol–water partition coefficient (Wildman–Crippen LogP) is 4.71. The van der Waals surface area contributed by atoms with E-state index >= 15 is 0 Å². The smallest absolute Gasteiger partial charge is 0.224 e. The molecule has 0 aliphatic heterocycles. The molecule has 1 aliphatic carbocycles. The second kappa shape index (κ2) is 8.78. The summed E-state index contributed by atoms with van der Waals surface area (Å²) in [6.07, 6.45) is 7.14. The number of hydrogen-bond donors (Lipinski definition) is 2. The molecule has 2 heterocycles. The molecular weight excluding hydrogens is 388 g/mol. The summed E-state index contributed by atoms with van der Waals surface area (Å²) in [5.41, 5.74) is 2.18. The molecule has 0 radical (unpaired) electrons. The van der Waals surface area contributed by atoms with E-state index in [4.69, 9.17) is 9.72 Å². The van der Waals surface area contributed by atoms with Crippen LogP contribution >= 0.6 is 0 Å². The Bertz CT molecular complexity index is 1150. The number of ether oxygens (including phenoxy) is 1. The van der Waals surface area contributed by atoms with Crippen molar-refractivity contribution in [3.05, 3.63) is 78.6 Å². The molecule has 2 aromatic heterocycles. The third-order valence-corrected chi connectivity index (χ3v) is 5.85. The number of nitrogens with one attached hydrogen (secondary N) is 1. The van der Waals surface area contributed by atoms with Gasteiger partial charge >= 0.3 is 0 Å². The van der Waals surface area contributed by atoms with Crippen LogP contribution in [0.25, 0.3) is 16.7 Å². The van der Waals surface area contributed by atoms with Gasteiger partial charge in [0.05, 0.1) is 11.6 Å². The summed E-state index contributed by atoms with van der Waals surface area (Å²) in [6.45, 7) is 0.531. The van der Waals surface area contributed by atoms with Gasteiger partial charge in [-0.1, -0.05) is 36.4 Å². The number of fused-ring (bicyclic) bond motifs is 1. The highest BCUT2D eigenvalue weighted by atomic mass is 16.5. The molecule has 0 spiro atoms. The standard InChI is InChI=1S/C25H26N4O2/c30-20-11-9-19(10-12-20)27-25-26-15-13-24(28-25)29-16-14-21-22(29)7-4-8-23(21)31-17-18-5-2-1-3-6-18/h1-8,13-16,19-20,30H,9-12,17H2,(H,26,27,28)/t19-,20-. The van der Waals surface area contributed by atoms with Gasteiger partial charge < -0.3 is 19.7 Å². The van der Waals surface area contributed by atoms with Crippen LogP contribution < -0.4 is 10.1 Å². The SMILES string of the molecule is O[C@H]1CC[C@H](Nc2nccc(-n3ccc4c(OCc5ccccc5)cccc43)n2)CC1. The number of aromatic nitrogens is 3. The first-order valence-corrected chi connectivity index (χ1v) is 10.8. The van der Waals surface area contributed by atoms with Crippen LogP contribution in [0.15, 0.2) is 73.1 Å². The molecule has 1 fully saturated rings. The van der Waals surface area contributed by atoms with Crippen LogP contribution in [0.5, 0.6) is 5.75 Å². The minimum atomic E-state index is -0.171. The van der Waals surface area contributed by atoms with E-state index in [1.807, 2.05) is 42.6 Å². The first-order valence-electron chi connectivity index (χ1n) is 10.8. The lowest BCUT2D eigenvalue weighted by Gasteiger charge is -2.26. The predicted molar refractivity (Wildman–Crippen MR) is 122 cm³/mol. The summed E-state index contributed by atoms with van der Waals surface area (Å²) in [4.78, 5) is 9.14. The minimum Gasteiger partial charge on any atom is -0.488 e. The Labute approximate surface area is 181 Å². The number of aliphatic hydroxyl groups is 1. The summed E-state index contributed by atoms with van der Waals surface area (Å²) in [6, 6.07) is 20.5. The molecule has 1 aliphatic rings. The Hall–Kier alpha value is -3.38. The molecule has 0 saturated heterocycles. The van der Waals surface area contributed by atoms with Crippen molar-refractivity contribution in [2.24, 2.45) is 0 Å². The molecule has 0 atom stereocenters. The van der Waals surface area contributed by atoms with Crippen molar-refractivity contribution in [3.8, 4) is 11.6 Å². The van der Waals surface area contributed by atoms with Gasteiger partial charge in [-0.25, -0.2) is 4.98 Å². The fraction of sp³-hybridized carbons (Fsp3) is 0.280. The lowest BCUT2D eigenvalue weighted by Crippen LogP contribution is -2.29. The van der Waals surface area contributed by atoms with Crippen molar-refractivity contribution in [3.63, 3.8) is 0 Å². The van der Waals surface area contributed by atoms with Crippen LogP contribution in [0.1, 0.15) is 31.2 Å². The number of rotatable bonds is 6. The van der Waals surface area contributed by atoms with Crippen molar-refractivity contribution in [2.45, 2.75) is 44.4 Å². The van der Waals surface area contributed by atoms with E-state index in [1.165, 1.54) is 0 Å². The van der Waals surface area contributed by atoms with E-state index in [9.17, 15) is 5.11 Å². The van der Waals surface area contributed by atoms with E-state index in [2.05, 4.69) is 39.1 Å². The monoisotopic (exact) mass is 414 g/mol. The van der Waals surface area contributed by atoms with Crippen LogP contribution in [0.4, 0.5) is 5.95 Å². The van der Waals surface area contributed by atoms with Crippen molar-refractivity contribution in [1.82, 2.24) is 14.5 Å². The zero-order valence-corrected chi connectivity index (χ0v) is 17.3. The molecule has 158 valence electrons. The van der Waals surface area contributed by atoms with Crippen LogP contribution in [0.3, 0.4) is 0 Å². The van der Waals surface area contributed by atoms with Crippen molar-refractivity contribution in [1.29, 1.82) is 0 Å². The Morgan fingerprint density at radius 2 is 1.81 bits per heavy atom. The molecule has 0 bridgehead atoms. The maximum atomic E-state index is 9.72. The highest BCUT2D eigenvalue weighted by Crippen LogP contribution is 2.29. The number of nitrogens with zero attached hydrogens (tertiary/aromatic N) is 3. The van der Waals surface area contributed by atoms with E-state index in [1.54, 1.807) is 6.20 Å². The summed E-state index contributed by atoms with van der Waals surface area (Å²) < 4.78 is 8.17. The maximum absolute atomic E-state index is 9.72. The van der Waals surface area contributed by atoms with Gasteiger partial charge in [0.15, 0.2) is 0 Å². The Balaban J connectivity index is 1.37. The van der Waals surface area contributed by atoms with Gasteiger partial charge in [-0.3, -0.25) is 0 Å². The average molecular weight is 415 g/mol. The van der Waals surface area contributed by atoms with Crippen molar-refractivity contribution < 1.29 is 9.84 Å². The van der Waals surface area contributed by atoms with Gasteiger partial charge in [0.2, 0.25) is 5.95 Å². The molecule has 2 aromatic carbocycles. The maximum Gasteiger partial charge on any atom is 0.224 e. The summed E-state index contributed by atoms with van der Waals surface area (Å²) in [5.74, 6) is 2.29. The van der Waals surface area contributed by atoms with Gasteiger partial charge in [0.25, 0.3) is 0 Å². The molecule has 0 unspecified atom stereocenters. The normalized spacial score (nSPS) is 18.7. The highest BCUT2D eigenvalue weighted by Gasteiger charge is 2.20. The van der Waals surface area contributed by atoms with E-state index in [0.29, 0.717) is 18.6 Å². The third kappa shape index (κ3) is 4.39. The molecule has 4 aromatic rings.